The molecule has 0 fully saturated rings. The number of halogens is 2. The van der Waals surface area contributed by atoms with E-state index < -0.39 is 0 Å². The SMILES string of the molecule is Nc1ccc(Cl)nc1Nc1ccc(Br)cc1. The molecule has 5 heteroatoms. The number of nitrogens with two attached hydrogens (primary N) is 1. The molecule has 1 heterocycles. The van der Waals surface area contributed by atoms with Crippen LogP contribution in [0.1, 0.15) is 0 Å². The molecule has 0 saturated heterocycles. The number of anilines is 3. The lowest BCUT2D eigenvalue weighted by molar-refractivity contribution is 1.31. The molecule has 0 aliphatic heterocycles. The first-order valence-electron chi connectivity index (χ1n) is 4.60. The van der Waals surface area contributed by atoms with Crippen LogP contribution in [-0.4, -0.2) is 4.98 Å². The number of hydrogen-bond donors (Lipinski definition) is 2. The van der Waals surface area contributed by atoms with Crippen molar-refractivity contribution in [2.75, 3.05) is 11.1 Å². The van der Waals surface area contributed by atoms with Crippen LogP contribution in [0.5, 0.6) is 0 Å². The average Bonchev–Trinajstić information content (AvgIpc) is 2.27. The number of nitrogens with zero attached hydrogens (tertiary/aromatic N) is 1. The van der Waals surface area contributed by atoms with Crippen LogP contribution in [0.3, 0.4) is 0 Å². The van der Waals surface area contributed by atoms with Crippen molar-refractivity contribution in [3.05, 3.63) is 46.0 Å². The van der Waals surface area contributed by atoms with Gasteiger partial charge in [-0.3, -0.25) is 0 Å². The number of benzene rings is 1. The third kappa shape index (κ3) is 2.65. The predicted molar refractivity (Wildman–Crippen MR) is 71.1 cm³/mol. The minimum absolute atomic E-state index is 0.411. The van der Waals surface area contributed by atoms with Gasteiger partial charge in [0, 0.05) is 10.2 Å². The van der Waals surface area contributed by atoms with Crippen molar-refractivity contribution in [1.29, 1.82) is 0 Å². The first kappa shape index (κ1) is 11.2. The summed E-state index contributed by atoms with van der Waals surface area (Å²) in [6.07, 6.45) is 0. The Balaban J connectivity index is 2.26. The number of nitrogen functional groups attached to an aromatic ring is 1. The molecule has 1 aromatic carbocycles. The van der Waals surface area contributed by atoms with Gasteiger partial charge in [0.1, 0.15) is 5.15 Å². The number of aromatic nitrogens is 1. The summed E-state index contributed by atoms with van der Waals surface area (Å²) in [5.74, 6) is 0.565. The monoisotopic (exact) mass is 297 g/mol. The van der Waals surface area contributed by atoms with Crippen molar-refractivity contribution in [1.82, 2.24) is 4.98 Å². The Morgan fingerprint density at radius 2 is 1.81 bits per heavy atom. The fourth-order valence-electron chi connectivity index (χ4n) is 1.22. The fraction of sp³-hybridized carbons (Fsp3) is 0. The van der Waals surface area contributed by atoms with Gasteiger partial charge in [-0.25, -0.2) is 4.98 Å². The molecular weight excluding hydrogens is 289 g/mol. The minimum atomic E-state index is 0.411. The summed E-state index contributed by atoms with van der Waals surface area (Å²) in [4.78, 5) is 4.11. The summed E-state index contributed by atoms with van der Waals surface area (Å²) < 4.78 is 1.02. The highest BCUT2D eigenvalue weighted by atomic mass is 79.9. The van der Waals surface area contributed by atoms with Crippen molar-refractivity contribution >= 4 is 44.7 Å². The van der Waals surface area contributed by atoms with Gasteiger partial charge in [-0.15, -0.1) is 0 Å². The van der Waals surface area contributed by atoms with Crippen molar-refractivity contribution in [2.24, 2.45) is 0 Å². The second-order valence-electron chi connectivity index (χ2n) is 3.20. The normalized spacial score (nSPS) is 10.1. The van der Waals surface area contributed by atoms with E-state index in [1.807, 2.05) is 24.3 Å². The number of pyridine rings is 1. The summed E-state index contributed by atoms with van der Waals surface area (Å²) in [6.45, 7) is 0. The van der Waals surface area contributed by atoms with Crippen molar-refractivity contribution in [3.63, 3.8) is 0 Å². The Kier molecular flexibility index (Phi) is 3.31. The van der Waals surface area contributed by atoms with E-state index in [4.69, 9.17) is 17.3 Å². The lowest BCUT2D eigenvalue weighted by atomic mass is 10.3. The first-order valence-corrected chi connectivity index (χ1v) is 5.77. The molecule has 82 valence electrons. The van der Waals surface area contributed by atoms with Gasteiger partial charge in [-0.2, -0.15) is 0 Å². The molecule has 0 unspecified atom stereocenters. The van der Waals surface area contributed by atoms with E-state index in [0.717, 1.165) is 10.2 Å². The number of nitrogens with one attached hydrogen (secondary N) is 1. The molecule has 0 radical (unpaired) electrons. The Morgan fingerprint density at radius 1 is 1.12 bits per heavy atom. The summed E-state index contributed by atoms with van der Waals surface area (Å²) in [5, 5.41) is 3.51. The summed E-state index contributed by atoms with van der Waals surface area (Å²) >= 11 is 9.16. The number of hydrogen-bond acceptors (Lipinski definition) is 3. The molecule has 0 amide bonds. The highest BCUT2D eigenvalue weighted by Crippen LogP contribution is 2.23. The maximum absolute atomic E-state index is 5.79. The first-order chi connectivity index (χ1) is 7.65. The van der Waals surface area contributed by atoms with Crippen LogP contribution in [0.25, 0.3) is 0 Å². The second kappa shape index (κ2) is 4.72. The van der Waals surface area contributed by atoms with Crippen LogP contribution < -0.4 is 11.1 Å². The van der Waals surface area contributed by atoms with E-state index in [-0.39, 0.29) is 0 Å². The summed E-state index contributed by atoms with van der Waals surface area (Å²) in [5.41, 5.74) is 7.24. The van der Waals surface area contributed by atoms with Crippen LogP contribution in [0.4, 0.5) is 17.2 Å². The molecule has 1 aromatic heterocycles. The molecule has 3 N–H and O–H groups in total. The molecular formula is C11H9BrClN3. The van der Waals surface area contributed by atoms with Crippen LogP contribution >= 0.6 is 27.5 Å². The van der Waals surface area contributed by atoms with Gasteiger partial charge in [-0.05, 0) is 36.4 Å². The Hall–Kier alpha value is -1.26. The maximum Gasteiger partial charge on any atom is 0.155 e. The van der Waals surface area contributed by atoms with Crippen LogP contribution in [0.2, 0.25) is 5.15 Å². The van der Waals surface area contributed by atoms with E-state index in [2.05, 4.69) is 26.2 Å². The molecule has 2 aromatic rings. The molecule has 16 heavy (non-hydrogen) atoms. The van der Waals surface area contributed by atoms with Gasteiger partial charge in [0.05, 0.1) is 5.69 Å². The lowest BCUT2D eigenvalue weighted by Crippen LogP contribution is -1.98. The van der Waals surface area contributed by atoms with Crippen LogP contribution in [0.15, 0.2) is 40.9 Å². The van der Waals surface area contributed by atoms with Crippen LogP contribution in [0, 0.1) is 0 Å². The molecule has 0 spiro atoms. The lowest BCUT2D eigenvalue weighted by Gasteiger charge is -2.08. The molecule has 3 nitrogen and oxygen atoms in total. The van der Waals surface area contributed by atoms with Crippen LogP contribution in [-0.2, 0) is 0 Å². The van der Waals surface area contributed by atoms with Gasteiger partial charge in [-0.1, -0.05) is 27.5 Å². The van der Waals surface area contributed by atoms with Gasteiger partial charge in [0.25, 0.3) is 0 Å². The molecule has 0 aliphatic rings. The third-order valence-corrected chi connectivity index (χ3v) is 2.74. The highest BCUT2D eigenvalue weighted by Gasteiger charge is 2.02. The van der Waals surface area contributed by atoms with E-state index in [1.54, 1.807) is 12.1 Å². The molecule has 0 aliphatic carbocycles. The smallest absolute Gasteiger partial charge is 0.155 e. The van der Waals surface area contributed by atoms with E-state index >= 15 is 0 Å². The molecule has 0 atom stereocenters. The van der Waals surface area contributed by atoms with Crippen molar-refractivity contribution < 1.29 is 0 Å². The van der Waals surface area contributed by atoms with Crippen molar-refractivity contribution in [2.45, 2.75) is 0 Å². The third-order valence-electron chi connectivity index (χ3n) is 2.00. The predicted octanol–water partition coefficient (Wildman–Crippen LogP) is 3.82. The Bertz CT molecular complexity index is 499. The highest BCUT2D eigenvalue weighted by molar-refractivity contribution is 9.10. The second-order valence-corrected chi connectivity index (χ2v) is 4.51. The van der Waals surface area contributed by atoms with Gasteiger partial charge in [0.15, 0.2) is 5.82 Å². The minimum Gasteiger partial charge on any atom is -0.396 e. The Morgan fingerprint density at radius 3 is 2.50 bits per heavy atom. The maximum atomic E-state index is 5.79. The molecule has 2 rings (SSSR count). The fourth-order valence-corrected chi connectivity index (χ4v) is 1.63. The van der Waals surface area contributed by atoms with E-state index in [1.165, 1.54) is 0 Å². The average molecular weight is 299 g/mol. The van der Waals surface area contributed by atoms with E-state index in [0.29, 0.717) is 16.7 Å². The van der Waals surface area contributed by atoms with Gasteiger partial charge < -0.3 is 11.1 Å². The summed E-state index contributed by atoms with van der Waals surface area (Å²) in [7, 11) is 0. The van der Waals surface area contributed by atoms with Gasteiger partial charge in [0.2, 0.25) is 0 Å². The Labute approximate surface area is 107 Å². The molecule has 0 saturated carbocycles. The molecule has 0 bridgehead atoms. The zero-order valence-corrected chi connectivity index (χ0v) is 10.6. The zero-order valence-electron chi connectivity index (χ0n) is 8.24. The van der Waals surface area contributed by atoms with Crippen molar-refractivity contribution in [3.8, 4) is 0 Å². The quantitative estimate of drug-likeness (QED) is 0.829. The standard InChI is InChI=1S/C11H9BrClN3/c12-7-1-3-8(4-2-7)15-11-9(14)5-6-10(13)16-11/h1-6H,14H2,(H,15,16). The number of rotatable bonds is 2. The van der Waals surface area contributed by atoms with Gasteiger partial charge >= 0.3 is 0 Å². The summed E-state index contributed by atoms with van der Waals surface area (Å²) in [6, 6.07) is 11.1. The topological polar surface area (TPSA) is 50.9 Å². The zero-order chi connectivity index (χ0) is 11.5. The van der Waals surface area contributed by atoms with E-state index in [9.17, 15) is 0 Å². The largest absolute Gasteiger partial charge is 0.396 e.